The van der Waals surface area contributed by atoms with E-state index < -0.39 is 6.10 Å². The van der Waals surface area contributed by atoms with Gasteiger partial charge < -0.3 is 14.8 Å². The molecule has 2 aromatic heterocycles. The van der Waals surface area contributed by atoms with Crippen molar-refractivity contribution in [2.24, 2.45) is 5.92 Å². The summed E-state index contributed by atoms with van der Waals surface area (Å²) in [4.78, 5) is 16.7. The number of pyridine rings is 1. The van der Waals surface area contributed by atoms with Gasteiger partial charge in [-0.1, -0.05) is 0 Å². The van der Waals surface area contributed by atoms with E-state index in [1.807, 2.05) is 31.2 Å². The fourth-order valence-electron chi connectivity index (χ4n) is 3.92. The van der Waals surface area contributed by atoms with Crippen LogP contribution in [0.5, 0.6) is 11.6 Å². The lowest BCUT2D eigenvalue weighted by molar-refractivity contribution is -0.123. The van der Waals surface area contributed by atoms with Gasteiger partial charge in [0.1, 0.15) is 17.7 Å². The van der Waals surface area contributed by atoms with E-state index in [0.717, 1.165) is 35.0 Å². The van der Waals surface area contributed by atoms with Crippen molar-refractivity contribution in [3.63, 3.8) is 0 Å². The summed E-state index contributed by atoms with van der Waals surface area (Å²) in [7, 11) is 1.57. The van der Waals surface area contributed by atoms with Crippen LogP contribution >= 0.6 is 0 Å². The predicted molar refractivity (Wildman–Crippen MR) is 126 cm³/mol. The second-order valence-electron chi connectivity index (χ2n) is 8.50. The number of aromatic nitrogens is 3. The van der Waals surface area contributed by atoms with Gasteiger partial charge >= 0.3 is 0 Å². The van der Waals surface area contributed by atoms with E-state index >= 15 is 0 Å². The molecule has 174 valence electrons. The van der Waals surface area contributed by atoms with Crippen molar-refractivity contribution in [2.75, 3.05) is 7.11 Å². The molecule has 0 radical (unpaired) electrons. The van der Waals surface area contributed by atoms with Crippen molar-refractivity contribution >= 4 is 16.8 Å². The molecule has 2 aromatic carbocycles. The Hall–Kier alpha value is -3.94. The highest BCUT2D eigenvalue weighted by Crippen LogP contribution is 2.32. The number of nitrogens with one attached hydrogen (secondary N) is 1. The third kappa shape index (κ3) is 4.57. The molecular weight excluding hydrogens is 435 g/mol. The summed E-state index contributed by atoms with van der Waals surface area (Å²) in [5, 5.41) is 8.42. The lowest BCUT2D eigenvalue weighted by Gasteiger charge is -2.26. The standard InChI is InChI=1S/C26H25FN4O3/c1-16(30-26(32)17-3-4-17)25(18-5-12-24(33-2)28-14-18)34-22-10-11-23-19(13-22)15-29-31(23)21-8-6-20(27)7-9-21/h5-17,25H,3-4H2,1-2H3,(H,30,32). The minimum Gasteiger partial charge on any atom is -0.484 e. The lowest BCUT2D eigenvalue weighted by Crippen LogP contribution is -2.40. The summed E-state index contributed by atoms with van der Waals surface area (Å²) in [6.45, 7) is 1.93. The summed E-state index contributed by atoms with van der Waals surface area (Å²) >= 11 is 0. The number of benzene rings is 2. The first-order chi connectivity index (χ1) is 16.5. The number of halogens is 1. The molecule has 1 aliphatic carbocycles. The van der Waals surface area contributed by atoms with E-state index in [1.165, 1.54) is 12.1 Å². The Kier molecular flexibility index (Phi) is 5.88. The zero-order valence-corrected chi connectivity index (χ0v) is 18.9. The molecule has 1 fully saturated rings. The van der Waals surface area contributed by atoms with Crippen molar-refractivity contribution in [3.05, 3.63) is 78.4 Å². The molecule has 4 aromatic rings. The monoisotopic (exact) mass is 460 g/mol. The van der Waals surface area contributed by atoms with E-state index in [0.29, 0.717) is 11.6 Å². The van der Waals surface area contributed by atoms with Crippen molar-refractivity contribution < 1.29 is 18.7 Å². The Morgan fingerprint density at radius 2 is 1.91 bits per heavy atom. The quantitative estimate of drug-likeness (QED) is 0.416. The topological polar surface area (TPSA) is 78.3 Å². The van der Waals surface area contributed by atoms with Crippen LogP contribution in [0.4, 0.5) is 4.39 Å². The Morgan fingerprint density at radius 1 is 1.12 bits per heavy atom. The van der Waals surface area contributed by atoms with Gasteiger partial charge in [0, 0.05) is 29.1 Å². The van der Waals surface area contributed by atoms with Crippen LogP contribution in [0.1, 0.15) is 31.4 Å². The summed E-state index contributed by atoms with van der Waals surface area (Å²) in [6.07, 6.45) is 4.86. The minimum absolute atomic E-state index is 0.0543. The molecule has 1 saturated carbocycles. The molecule has 1 aliphatic rings. The molecule has 0 aliphatic heterocycles. The first-order valence-electron chi connectivity index (χ1n) is 11.2. The smallest absolute Gasteiger partial charge is 0.223 e. The SMILES string of the molecule is COc1ccc(C(Oc2ccc3c(cnn3-c3ccc(F)cc3)c2)C(C)NC(=O)C2CC2)cn1. The van der Waals surface area contributed by atoms with Crippen LogP contribution in [0, 0.1) is 11.7 Å². The summed E-state index contributed by atoms with van der Waals surface area (Å²) < 4.78 is 26.6. The normalized spacial score (nSPS) is 15.0. The predicted octanol–water partition coefficient (Wildman–Crippen LogP) is 4.60. The van der Waals surface area contributed by atoms with E-state index in [2.05, 4.69) is 15.4 Å². The van der Waals surface area contributed by atoms with Gasteiger partial charge in [-0.2, -0.15) is 5.10 Å². The van der Waals surface area contributed by atoms with Crippen molar-refractivity contribution in [1.29, 1.82) is 0 Å². The molecule has 0 saturated heterocycles. The highest BCUT2D eigenvalue weighted by Gasteiger charge is 2.32. The van der Waals surface area contributed by atoms with Crippen molar-refractivity contribution in [2.45, 2.75) is 31.9 Å². The number of ether oxygens (including phenoxy) is 2. The van der Waals surface area contributed by atoms with E-state index in [9.17, 15) is 9.18 Å². The lowest BCUT2D eigenvalue weighted by atomic mass is 10.0. The maximum absolute atomic E-state index is 13.3. The highest BCUT2D eigenvalue weighted by atomic mass is 19.1. The fraction of sp³-hybridized carbons (Fsp3) is 0.269. The van der Waals surface area contributed by atoms with Crippen LogP contribution in [-0.4, -0.2) is 33.8 Å². The van der Waals surface area contributed by atoms with Gasteiger partial charge in [-0.3, -0.25) is 4.79 Å². The Balaban J connectivity index is 1.42. The van der Waals surface area contributed by atoms with Gasteiger partial charge in [-0.15, -0.1) is 0 Å². The van der Waals surface area contributed by atoms with Crippen LogP contribution < -0.4 is 14.8 Å². The van der Waals surface area contributed by atoms with Gasteiger partial charge in [-0.25, -0.2) is 14.1 Å². The third-order valence-corrected chi connectivity index (χ3v) is 5.94. The third-order valence-electron chi connectivity index (χ3n) is 5.94. The number of carbonyl (C=O) groups excluding carboxylic acids is 1. The number of hydrogen-bond donors (Lipinski definition) is 1. The van der Waals surface area contributed by atoms with Crippen LogP contribution in [-0.2, 0) is 4.79 Å². The Morgan fingerprint density at radius 3 is 2.59 bits per heavy atom. The van der Waals surface area contributed by atoms with Crippen LogP contribution in [0.25, 0.3) is 16.6 Å². The molecule has 0 spiro atoms. The molecule has 1 amide bonds. The van der Waals surface area contributed by atoms with Crippen molar-refractivity contribution in [1.82, 2.24) is 20.1 Å². The van der Waals surface area contributed by atoms with Gasteiger partial charge in [0.25, 0.3) is 0 Å². The Labute approximate surface area is 196 Å². The number of amides is 1. The number of rotatable bonds is 8. The van der Waals surface area contributed by atoms with E-state index in [4.69, 9.17) is 9.47 Å². The van der Waals surface area contributed by atoms with Crippen LogP contribution in [0.2, 0.25) is 0 Å². The molecule has 2 unspecified atom stereocenters. The second kappa shape index (κ2) is 9.13. The van der Waals surface area contributed by atoms with Crippen LogP contribution in [0.3, 0.4) is 0 Å². The van der Waals surface area contributed by atoms with Crippen LogP contribution in [0.15, 0.2) is 67.0 Å². The molecule has 5 rings (SSSR count). The van der Waals surface area contributed by atoms with Gasteiger partial charge in [-0.05, 0) is 68.3 Å². The summed E-state index contributed by atoms with van der Waals surface area (Å²) in [5.74, 6) is 1.01. The molecule has 1 N–H and O–H groups in total. The molecule has 8 heteroatoms. The van der Waals surface area contributed by atoms with Crippen molar-refractivity contribution in [3.8, 4) is 17.3 Å². The zero-order valence-electron chi connectivity index (χ0n) is 18.9. The van der Waals surface area contributed by atoms with Gasteiger partial charge in [0.15, 0.2) is 0 Å². The zero-order chi connectivity index (χ0) is 23.7. The second-order valence-corrected chi connectivity index (χ2v) is 8.50. The molecular formula is C26H25FN4O3. The minimum atomic E-state index is -0.453. The number of methoxy groups -OCH3 is 1. The number of carbonyl (C=O) groups is 1. The van der Waals surface area contributed by atoms with E-state index in [-0.39, 0.29) is 23.7 Å². The first kappa shape index (κ1) is 21.9. The maximum atomic E-state index is 13.3. The molecule has 34 heavy (non-hydrogen) atoms. The summed E-state index contributed by atoms with van der Waals surface area (Å²) in [5.41, 5.74) is 2.46. The number of fused-ring (bicyclic) bond motifs is 1. The number of nitrogens with zero attached hydrogens (tertiary/aromatic N) is 3. The van der Waals surface area contributed by atoms with Gasteiger partial charge in [0.05, 0.1) is 30.6 Å². The molecule has 7 nitrogen and oxygen atoms in total. The number of hydrogen-bond acceptors (Lipinski definition) is 5. The maximum Gasteiger partial charge on any atom is 0.223 e. The average molecular weight is 461 g/mol. The fourth-order valence-corrected chi connectivity index (χ4v) is 3.92. The summed E-state index contributed by atoms with van der Waals surface area (Å²) in [6, 6.07) is 15.3. The first-order valence-corrected chi connectivity index (χ1v) is 11.2. The van der Waals surface area contributed by atoms with Gasteiger partial charge in [0.2, 0.25) is 11.8 Å². The molecule has 2 atom stereocenters. The molecule has 2 heterocycles. The van der Waals surface area contributed by atoms with E-state index in [1.54, 1.807) is 42.4 Å². The largest absolute Gasteiger partial charge is 0.484 e. The molecule has 0 bridgehead atoms. The average Bonchev–Trinajstić information content (AvgIpc) is 3.63. The highest BCUT2D eigenvalue weighted by molar-refractivity contribution is 5.82. The Bertz CT molecular complexity index is 1300.